The average molecular weight is 535 g/mol. The summed E-state index contributed by atoms with van der Waals surface area (Å²) in [6.07, 6.45) is 3.43. The molecule has 10 heteroatoms. The summed E-state index contributed by atoms with van der Waals surface area (Å²) in [4.78, 5) is 4.08. The normalized spacial score (nSPS) is 15.1. The highest BCUT2D eigenvalue weighted by Crippen LogP contribution is 2.25. The quantitative estimate of drug-likeness (QED) is 0.272. The average Bonchev–Trinajstić information content (AvgIpc) is 2.50. The smallest absolute Gasteiger partial charge is 0.213 e. The lowest BCUT2D eigenvalue weighted by molar-refractivity contribution is 0.316. The molecule has 2 rings (SSSR count). The van der Waals surface area contributed by atoms with Gasteiger partial charge in [-0.1, -0.05) is 35.7 Å². The number of hydrogen-bond acceptors (Lipinski definition) is 3. The van der Waals surface area contributed by atoms with Crippen molar-refractivity contribution in [1.29, 1.82) is 0 Å². The number of guanidine groups is 1. The maximum atomic E-state index is 12.0. The molecule has 1 aliphatic rings. The summed E-state index contributed by atoms with van der Waals surface area (Å²) < 4.78 is 26.6. The summed E-state index contributed by atoms with van der Waals surface area (Å²) in [5.74, 6) is 1.02. The summed E-state index contributed by atoms with van der Waals surface area (Å²) in [6, 6.07) is 5.28. The molecule has 1 saturated carbocycles. The summed E-state index contributed by atoms with van der Waals surface area (Å²) in [6.45, 7) is 1.28. The number of benzene rings is 1. The minimum Gasteiger partial charge on any atom is -0.355 e. The molecule has 6 nitrogen and oxygen atoms in total. The molecule has 0 radical (unpaired) electrons. The molecule has 148 valence electrons. The Bertz CT molecular complexity index is 712. The van der Waals surface area contributed by atoms with E-state index in [0.29, 0.717) is 35.0 Å². The minimum absolute atomic E-state index is 0. The maximum absolute atomic E-state index is 12.0. The number of hydrogen-bond donors (Lipinski definition) is 3. The first-order chi connectivity index (χ1) is 11.9. The molecule has 0 bridgehead atoms. The van der Waals surface area contributed by atoms with Crippen LogP contribution in [-0.2, 0) is 16.6 Å². The van der Waals surface area contributed by atoms with Crippen LogP contribution in [0.3, 0.4) is 0 Å². The Balaban J connectivity index is 0.00000338. The number of halogens is 3. The zero-order chi connectivity index (χ0) is 18.3. The zero-order valence-corrected chi connectivity index (χ0v) is 19.3. The Morgan fingerprint density at radius 1 is 1.27 bits per heavy atom. The van der Waals surface area contributed by atoms with Crippen molar-refractivity contribution in [1.82, 2.24) is 15.4 Å². The predicted octanol–water partition coefficient (Wildman–Crippen LogP) is 3.00. The van der Waals surface area contributed by atoms with Crippen molar-refractivity contribution < 1.29 is 8.42 Å². The highest BCUT2D eigenvalue weighted by atomic mass is 127. The number of sulfonamides is 1. The van der Waals surface area contributed by atoms with E-state index < -0.39 is 10.0 Å². The van der Waals surface area contributed by atoms with Gasteiger partial charge in [0.1, 0.15) is 0 Å². The maximum Gasteiger partial charge on any atom is 0.213 e. The predicted molar refractivity (Wildman–Crippen MR) is 119 cm³/mol. The van der Waals surface area contributed by atoms with Crippen LogP contribution in [0.1, 0.15) is 24.8 Å². The van der Waals surface area contributed by atoms with Gasteiger partial charge in [-0.05, 0) is 36.5 Å². The molecule has 0 aliphatic heterocycles. The van der Waals surface area contributed by atoms with Crippen molar-refractivity contribution in [3.63, 3.8) is 0 Å². The van der Waals surface area contributed by atoms with Crippen molar-refractivity contribution >= 4 is 63.2 Å². The van der Waals surface area contributed by atoms with Crippen molar-refractivity contribution in [2.24, 2.45) is 10.9 Å². The second-order valence-electron chi connectivity index (χ2n) is 6.05. The molecule has 0 saturated heterocycles. The molecule has 0 unspecified atom stereocenters. The van der Waals surface area contributed by atoms with Gasteiger partial charge < -0.3 is 10.6 Å². The van der Waals surface area contributed by atoms with Crippen LogP contribution in [0.2, 0.25) is 10.0 Å². The summed E-state index contributed by atoms with van der Waals surface area (Å²) in [7, 11) is -1.64. The third-order valence-electron chi connectivity index (χ3n) is 4.16. The Morgan fingerprint density at radius 2 is 2.00 bits per heavy atom. The molecule has 0 aromatic heterocycles. The molecule has 26 heavy (non-hydrogen) atoms. The molecule has 3 N–H and O–H groups in total. The Morgan fingerprint density at radius 3 is 2.58 bits per heavy atom. The van der Waals surface area contributed by atoms with E-state index in [4.69, 9.17) is 23.2 Å². The lowest BCUT2D eigenvalue weighted by Crippen LogP contribution is -2.41. The number of nitrogens with zero attached hydrogens (tertiary/aromatic N) is 1. The highest BCUT2D eigenvalue weighted by Gasteiger charge is 2.20. The van der Waals surface area contributed by atoms with Gasteiger partial charge in [-0.15, -0.1) is 24.0 Å². The van der Waals surface area contributed by atoms with Gasteiger partial charge in [0.15, 0.2) is 5.96 Å². The summed E-state index contributed by atoms with van der Waals surface area (Å²) in [5, 5.41) is 7.24. The van der Waals surface area contributed by atoms with Gasteiger partial charge >= 0.3 is 0 Å². The van der Waals surface area contributed by atoms with E-state index in [2.05, 4.69) is 20.3 Å². The molecule has 1 aromatic rings. The van der Waals surface area contributed by atoms with E-state index in [9.17, 15) is 8.42 Å². The van der Waals surface area contributed by atoms with Crippen LogP contribution in [0, 0.1) is 5.92 Å². The van der Waals surface area contributed by atoms with E-state index in [1.54, 1.807) is 19.2 Å². The largest absolute Gasteiger partial charge is 0.355 e. The van der Waals surface area contributed by atoms with Gasteiger partial charge in [0.2, 0.25) is 10.0 Å². The Kier molecular flexibility index (Phi) is 10.5. The van der Waals surface area contributed by atoms with Gasteiger partial charge in [-0.25, -0.2) is 13.1 Å². The lowest BCUT2D eigenvalue weighted by atomic mass is 9.86. The van der Waals surface area contributed by atoms with Crippen LogP contribution in [-0.4, -0.2) is 40.3 Å². The first-order valence-electron chi connectivity index (χ1n) is 8.25. The van der Waals surface area contributed by atoms with Crippen molar-refractivity contribution in [3.8, 4) is 0 Å². The molecular formula is C16H25Cl2IN4O2S. The fourth-order valence-electron chi connectivity index (χ4n) is 2.38. The van der Waals surface area contributed by atoms with Crippen LogP contribution in [0.25, 0.3) is 0 Å². The third kappa shape index (κ3) is 8.16. The second-order valence-corrected chi connectivity index (χ2v) is 8.82. The first kappa shape index (κ1) is 23.7. The van der Waals surface area contributed by atoms with E-state index in [0.717, 1.165) is 18.4 Å². The molecular weight excluding hydrogens is 510 g/mol. The minimum atomic E-state index is -3.27. The van der Waals surface area contributed by atoms with Crippen LogP contribution in [0.5, 0.6) is 0 Å². The monoisotopic (exact) mass is 534 g/mol. The first-order valence-corrected chi connectivity index (χ1v) is 10.7. The van der Waals surface area contributed by atoms with Crippen LogP contribution in [0.4, 0.5) is 0 Å². The van der Waals surface area contributed by atoms with Gasteiger partial charge in [-0.3, -0.25) is 4.99 Å². The summed E-state index contributed by atoms with van der Waals surface area (Å²) >= 11 is 12.0. The van der Waals surface area contributed by atoms with Gasteiger partial charge in [-0.2, -0.15) is 0 Å². The van der Waals surface area contributed by atoms with Gasteiger partial charge in [0.05, 0.1) is 5.75 Å². The van der Waals surface area contributed by atoms with Gasteiger partial charge in [0, 0.05) is 36.7 Å². The van der Waals surface area contributed by atoms with Crippen LogP contribution < -0.4 is 15.4 Å². The third-order valence-corrected chi connectivity index (χ3v) is 6.10. The topological polar surface area (TPSA) is 82.6 Å². The lowest BCUT2D eigenvalue weighted by Gasteiger charge is -2.25. The molecule has 1 aromatic carbocycles. The second kappa shape index (κ2) is 11.5. The molecule has 0 atom stereocenters. The van der Waals surface area contributed by atoms with E-state index in [1.165, 1.54) is 6.42 Å². The van der Waals surface area contributed by atoms with Crippen molar-refractivity contribution in [2.45, 2.75) is 25.8 Å². The number of rotatable bonds is 8. The fraction of sp³-hybridized carbons (Fsp3) is 0.562. The fourth-order valence-corrected chi connectivity index (χ4v) is 3.86. The summed E-state index contributed by atoms with van der Waals surface area (Å²) in [5.41, 5.74) is 0.879. The number of nitrogens with one attached hydrogen (secondary N) is 3. The van der Waals surface area contributed by atoms with Crippen LogP contribution >= 0.6 is 47.2 Å². The molecule has 0 amide bonds. The van der Waals surface area contributed by atoms with Crippen LogP contribution in [0.15, 0.2) is 23.2 Å². The van der Waals surface area contributed by atoms with E-state index in [-0.39, 0.29) is 36.3 Å². The zero-order valence-electron chi connectivity index (χ0n) is 14.6. The van der Waals surface area contributed by atoms with Gasteiger partial charge in [0.25, 0.3) is 0 Å². The molecule has 1 fully saturated rings. The SMILES string of the molecule is CN=C(NCCS(=O)(=O)NCC1CCC1)NCc1ccc(Cl)cc1Cl.I. The van der Waals surface area contributed by atoms with Crippen molar-refractivity contribution in [3.05, 3.63) is 33.8 Å². The molecule has 0 spiro atoms. The highest BCUT2D eigenvalue weighted by molar-refractivity contribution is 14.0. The number of aliphatic imine (C=N–C) groups is 1. The standard InChI is InChI=1S/C16H24Cl2N4O2S.HI/c1-19-16(21-11-13-5-6-14(17)9-15(13)18)20-7-8-25(23,24)22-10-12-3-2-4-12;/h5-6,9,12,22H,2-4,7-8,10-11H2,1H3,(H2,19,20,21);1H. The molecule has 1 aliphatic carbocycles. The van der Waals surface area contributed by atoms with E-state index >= 15 is 0 Å². The van der Waals surface area contributed by atoms with E-state index in [1.807, 2.05) is 6.07 Å². The van der Waals surface area contributed by atoms with Crippen molar-refractivity contribution in [2.75, 3.05) is 25.9 Å². The Hall–Kier alpha value is -0.290. The molecule has 0 heterocycles. The Labute approximate surface area is 182 Å².